The van der Waals surface area contributed by atoms with E-state index >= 15 is 0 Å². The molecule has 3 heterocycles. The van der Waals surface area contributed by atoms with Crippen molar-refractivity contribution in [3.63, 3.8) is 0 Å². The van der Waals surface area contributed by atoms with E-state index in [4.69, 9.17) is 4.98 Å². The Labute approximate surface area is 144 Å². The van der Waals surface area contributed by atoms with Gasteiger partial charge in [-0.2, -0.15) is 15.1 Å². The number of hydrogen-bond donors (Lipinski definition) is 4. The first-order valence-corrected chi connectivity index (χ1v) is 8.60. The smallest absolute Gasteiger partial charge is 0.231 e. The van der Waals surface area contributed by atoms with Crippen LogP contribution in [0.2, 0.25) is 0 Å². The molecule has 0 aliphatic heterocycles. The van der Waals surface area contributed by atoms with E-state index in [-0.39, 0.29) is 0 Å². The second kappa shape index (κ2) is 5.47. The molecule has 0 amide bonds. The molecule has 0 radical (unpaired) electrons. The van der Waals surface area contributed by atoms with Crippen LogP contribution in [-0.4, -0.2) is 31.2 Å². The molecule has 1 saturated carbocycles. The summed E-state index contributed by atoms with van der Waals surface area (Å²) in [7, 11) is 0. The third kappa shape index (κ3) is 2.48. The quantitative estimate of drug-likeness (QED) is 0.455. The number of hydrogen-bond acceptors (Lipinski definition) is 5. The van der Waals surface area contributed by atoms with Gasteiger partial charge in [-0.25, -0.2) is 0 Å². The molecule has 0 saturated heterocycles. The molecule has 0 spiro atoms. The number of rotatable bonds is 4. The molecule has 0 bridgehead atoms. The summed E-state index contributed by atoms with van der Waals surface area (Å²) >= 11 is 0. The lowest BCUT2D eigenvalue weighted by Crippen LogP contribution is -2.27. The van der Waals surface area contributed by atoms with Gasteiger partial charge in [-0.05, 0) is 50.5 Å². The Morgan fingerprint density at radius 2 is 2.04 bits per heavy atom. The molecule has 0 atom stereocenters. The molecule has 4 N–H and O–H groups in total. The van der Waals surface area contributed by atoms with Gasteiger partial charge in [0.05, 0.1) is 10.9 Å². The van der Waals surface area contributed by atoms with Gasteiger partial charge in [0.15, 0.2) is 0 Å². The molecular formula is C18H19N7. The average Bonchev–Trinajstić information content (AvgIpc) is 3.18. The maximum atomic E-state index is 4.69. The Morgan fingerprint density at radius 3 is 2.88 bits per heavy atom. The van der Waals surface area contributed by atoms with Gasteiger partial charge < -0.3 is 15.6 Å². The summed E-state index contributed by atoms with van der Waals surface area (Å²) in [5, 5.41) is 16.3. The Bertz CT molecular complexity index is 1060. The van der Waals surface area contributed by atoms with Gasteiger partial charge >= 0.3 is 0 Å². The summed E-state index contributed by atoms with van der Waals surface area (Å²) in [5.74, 6) is 1.46. The van der Waals surface area contributed by atoms with Crippen LogP contribution in [0, 0.1) is 6.92 Å². The number of aromatic amines is 2. The third-order valence-corrected chi connectivity index (χ3v) is 4.86. The van der Waals surface area contributed by atoms with Crippen molar-refractivity contribution in [3.05, 3.63) is 36.2 Å². The summed E-state index contributed by atoms with van der Waals surface area (Å²) in [4.78, 5) is 12.5. The molecule has 1 aliphatic rings. The maximum absolute atomic E-state index is 4.69. The van der Waals surface area contributed by atoms with Crippen molar-refractivity contribution >= 4 is 39.4 Å². The standard InChI is InChI=1S/C18H19N7/c1-10-13-6-5-12(9-15(13)25-24-10)21-18-22-16-14(7-8-19-16)17(23-18)20-11-3-2-4-11/h5-9,11H,2-4H2,1H3,(H,24,25)(H3,19,20,21,22,23). The van der Waals surface area contributed by atoms with E-state index in [1.807, 2.05) is 31.3 Å². The van der Waals surface area contributed by atoms with Gasteiger partial charge in [0.1, 0.15) is 11.5 Å². The Balaban J connectivity index is 1.50. The van der Waals surface area contributed by atoms with E-state index in [9.17, 15) is 0 Å². The fraction of sp³-hybridized carbons (Fsp3) is 0.278. The van der Waals surface area contributed by atoms with Crippen LogP contribution in [0.15, 0.2) is 30.5 Å². The molecule has 0 unspecified atom stereocenters. The SMILES string of the molecule is Cc1[nH]nc2cc(Nc3nc(NC4CCC4)c4cc[nH]c4n3)ccc12. The van der Waals surface area contributed by atoms with Gasteiger partial charge in [0, 0.05) is 29.0 Å². The average molecular weight is 333 g/mol. The highest BCUT2D eigenvalue weighted by atomic mass is 15.2. The molecule has 5 rings (SSSR count). The van der Waals surface area contributed by atoms with Gasteiger partial charge in [-0.15, -0.1) is 0 Å². The van der Waals surface area contributed by atoms with Crippen LogP contribution in [0.25, 0.3) is 21.9 Å². The molecule has 1 aliphatic carbocycles. The number of aryl methyl sites for hydroxylation is 1. The van der Waals surface area contributed by atoms with Crippen molar-refractivity contribution in [3.8, 4) is 0 Å². The van der Waals surface area contributed by atoms with Crippen molar-refractivity contribution < 1.29 is 0 Å². The highest BCUT2D eigenvalue weighted by Crippen LogP contribution is 2.28. The fourth-order valence-electron chi connectivity index (χ4n) is 3.21. The number of anilines is 3. The van der Waals surface area contributed by atoms with E-state index < -0.39 is 0 Å². The Hall–Kier alpha value is -3.09. The zero-order valence-corrected chi connectivity index (χ0v) is 13.9. The molecule has 4 aromatic rings. The zero-order chi connectivity index (χ0) is 16.8. The largest absolute Gasteiger partial charge is 0.367 e. The van der Waals surface area contributed by atoms with Crippen molar-refractivity contribution in [1.29, 1.82) is 0 Å². The fourth-order valence-corrected chi connectivity index (χ4v) is 3.21. The predicted molar refractivity (Wildman–Crippen MR) is 99.3 cm³/mol. The predicted octanol–water partition coefficient (Wildman–Crippen LogP) is 3.85. The zero-order valence-electron chi connectivity index (χ0n) is 13.9. The third-order valence-electron chi connectivity index (χ3n) is 4.86. The van der Waals surface area contributed by atoms with Crippen molar-refractivity contribution in [1.82, 2.24) is 25.1 Å². The van der Waals surface area contributed by atoms with E-state index in [2.05, 4.69) is 36.9 Å². The first-order chi connectivity index (χ1) is 12.3. The van der Waals surface area contributed by atoms with Crippen LogP contribution in [0.3, 0.4) is 0 Å². The molecular weight excluding hydrogens is 314 g/mol. The normalized spacial score (nSPS) is 14.8. The van der Waals surface area contributed by atoms with E-state index in [1.165, 1.54) is 19.3 Å². The summed E-state index contributed by atoms with van der Waals surface area (Å²) in [6.07, 6.45) is 5.59. The summed E-state index contributed by atoms with van der Waals surface area (Å²) < 4.78 is 0. The number of H-pyrrole nitrogens is 2. The highest BCUT2D eigenvalue weighted by molar-refractivity contribution is 5.89. The van der Waals surface area contributed by atoms with Crippen molar-refractivity contribution in [2.45, 2.75) is 32.2 Å². The lowest BCUT2D eigenvalue weighted by atomic mass is 9.93. The monoisotopic (exact) mass is 333 g/mol. The van der Waals surface area contributed by atoms with E-state index in [0.29, 0.717) is 12.0 Å². The van der Waals surface area contributed by atoms with Crippen molar-refractivity contribution in [2.24, 2.45) is 0 Å². The first-order valence-electron chi connectivity index (χ1n) is 8.60. The number of fused-ring (bicyclic) bond motifs is 2. The van der Waals surface area contributed by atoms with Crippen LogP contribution < -0.4 is 10.6 Å². The van der Waals surface area contributed by atoms with Crippen molar-refractivity contribution in [2.75, 3.05) is 10.6 Å². The molecule has 3 aromatic heterocycles. The molecule has 7 heteroatoms. The second-order valence-corrected chi connectivity index (χ2v) is 6.61. The number of nitrogens with one attached hydrogen (secondary N) is 4. The molecule has 1 fully saturated rings. The van der Waals surface area contributed by atoms with E-state index in [1.54, 1.807) is 0 Å². The summed E-state index contributed by atoms with van der Waals surface area (Å²) in [5.41, 5.74) is 3.74. The number of nitrogens with zero attached hydrogens (tertiary/aromatic N) is 3. The number of benzene rings is 1. The van der Waals surface area contributed by atoms with Crippen LogP contribution >= 0.6 is 0 Å². The van der Waals surface area contributed by atoms with Crippen LogP contribution in [0.1, 0.15) is 25.0 Å². The van der Waals surface area contributed by atoms with Gasteiger partial charge in [0.2, 0.25) is 5.95 Å². The van der Waals surface area contributed by atoms with Gasteiger partial charge in [0.25, 0.3) is 0 Å². The van der Waals surface area contributed by atoms with Gasteiger partial charge in [-0.3, -0.25) is 5.10 Å². The molecule has 7 nitrogen and oxygen atoms in total. The first kappa shape index (κ1) is 14.3. The second-order valence-electron chi connectivity index (χ2n) is 6.61. The minimum Gasteiger partial charge on any atom is -0.367 e. The van der Waals surface area contributed by atoms with Crippen LogP contribution in [-0.2, 0) is 0 Å². The molecule has 1 aromatic carbocycles. The lowest BCUT2D eigenvalue weighted by Gasteiger charge is -2.27. The number of aromatic nitrogens is 5. The lowest BCUT2D eigenvalue weighted by molar-refractivity contribution is 0.445. The Kier molecular flexibility index (Phi) is 3.12. The maximum Gasteiger partial charge on any atom is 0.231 e. The summed E-state index contributed by atoms with van der Waals surface area (Å²) in [6, 6.07) is 8.60. The highest BCUT2D eigenvalue weighted by Gasteiger charge is 2.19. The topological polar surface area (TPSA) is 94.3 Å². The van der Waals surface area contributed by atoms with E-state index in [0.717, 1.165) is 39.1 Å². The minimum atomic E-state index is 0.518. The summed E-state index contributed by atoms with van der Waals surface area (Å²) in [6.45, 7) is 2.02. The van der Waals surface area contributed by atoms with Crippen LogP contribution in [0.5, 0.6) is 0 Å². The Morgan fingerprint density at radius 1 is 1.12 bits per heavy atom. The molecule has 126 valence electrons. The molecule has 25 heavy (non-hydrogen) atoms. The van der Waals surface area contributed by atoms with Gasteiger partial charge in [-0.1, -0.05) is 0 Å². The van der Waals surface area contributed by atoms with Crippen LogP contribution in [0.4, 0.5) is 17.5 Å². The minimum absolute atomic E-state index is 0.518.